The van der Waals surface area contributed by atoms with Crippen LogP contribution in [0.1, 0.15) is 17.7 Å². The highest BCUT2D eigenvalue weighted by Gasteiger charge is 2.32. The van der Waals surface area contributed by atoms with Crippen molar-refractivity contribution in [3.63, 3.8) is 0 Å². The van der Waals surface area contributed by atoms with E-state index in [-0.39, 0.29) is 17.5 Å². The number of halogens is 1. The van der Waals surface area contributed by atoms with Gasteiger partial charge in [0.1, 0.15) is 12.0 Å². The van der Waals surface area contributed by atoms with Gasteiger partial charge in [0.2, 0.25) is 5.89 Å². The summed E-state index contributed by atoms with van der Waals surface area (Å²) in [5.41, 5.74) is 2.64. The molecule has 30 heavy (non-hydrogen) atoms. The maximum Gasteiger partial charge on any atom is 0.226 e. The van der Waals surface area contributed by atoms with Crippen LogP contribution in [0.2, 0.25) is 5.02 Å². The first-order valence-electron chi connectivity index (χ1n) is 9.69. The number of hydrogen-bond donors (Lipinski definition) is 0. The van der Waals surface area contributed by atoms with Crippen molar-refractivity contribution in [1.82, 2.24) is 9.88 Å². The summed E-state index contributed by atoms with van der Waals surface area (Å²) >= 11 is 6.07. The van der Waals surface area contributed by atoms with Gasteiger partial charge < -0.3 is 9.15 Å². The van der Waals surface area contributed by atoms with Gasteiger partial charge in [-0.1, -0.05) is 29.8 Å². The maximum atomic E-state index is 12.1. The molecule has 8 heteroatoms. The van der Waals surface area contributed by atoms with Gasteiger partial charge in [-0.2, -0.15) is 0 Å². The van der Waals surface area contributed by atoms with Gasteiger partial charge in [0, 0.05) is 29.7 Å². The molecule has 0 bridgehead atoms. The summed E-state index contributed by atoms with van der Waals surface area (Å²) < 4.78 is 35.0. The molecule has 1 saturated heterocycles. The second-order valence-electron chi connectivity index (χ2n) is 7.46. The predicted octanol–water partition coefficient (Wildman–Crippen LogP) is 4.19. The van der Waals surface area contributed by atoms with Crippen molar-refractivity contribution in [3.05, 3.63) is 71.1 Å². The van der Waals surface area contributed by atoms with E-state index in [2.05, 4.69) is 9.88 Å². The molecule has 1 fully saturated rings. The molecule has 0 saturated carbocycles. The van der Waals surface area contributed by atoms with E-state index in [1.54, 1.807) is 25.5 Å². The number of methoxy groups -OCH3 is 1. The lowest BCUT2D eigenvalue weighted by molar-refractivity contribution is 0.192. The van der Waals surface area contributed by atoms with Crippen LogP contribution in [0.3, 0.4) is 0 Å². The standard InChI is InChI=1S/C22H23ClN2O4S/c1-28-21-7-5-16(6-8-21)12-25(20-9-10-30(26,27)15-20)13-19-14-29-22(24-19)17-3-2-4-18(23)11-17/h2-8,11,14,20H,9-10,12-13,15H2,1H3. The Morgan fingerprint density at radius 3 is 2.67 bits per heavy atom. The number of ether oxygens (including phenoxy) is 1. The molecule has 0 radical (unpaired) electrons. The normalized spacial score (nSPS) is 18.0. The Morgan fingerprint density at radius 2 is 2.00 bits per heavy atom. The minimum atomic E-state index is -3.00. The number of oxazole rings is 1. The molecule has 158 valence electrons. The Bertz CT molecular complexity index is 1110. The number of nitrogens with zero attached hydrogens (tertiary/aromatic N) is 2. The second kappa shape index (κ2) is 8.79. The van der Waals surface area contributed by atoms with E-state index < -0.39 is 9.84 Å². The van der Waals surface area contributed by atoms with Crippen LogP contribution in [-0.4, -0.2) is 43.0 Å². The molecule has 1 unspecified atom stereocenters. The van der Waals surface area contributed by atoms with E-state index in [0.29, 0.717) is 30.4 Å². The van der Waals surface area contributed by atoms with E-state index in [1.165, 1.54) is 0 Å². The Labute approximate surface area is 181 Å². The number of aromatic nitrogens is 1. The first kappa shape index (κ1) is 20.9. The summed E-state index contributed by atoms with van der Waals surface area (Å²) in [4.78, 5) is 6.76. The van der Waals surface area contributed by atoms with Gasteiger partial charge >= 0.3 is 0 Å². The average Bonchev–Trinajstić information content (AvgIpc) is 3.34. The quantitative estimate of drug-likeness (QED) is 0.541. The van der Waals surface area contributed by atoms with Crippen molar-refractivity contribution < 1.29 is 17.6 Å². The van der Waals surface area contributed by atoms with Crippen molar-refractivity contribution in [2.45, 2.75) is 25.6 Å². The predicted molar refractivity (Wildman–Crippen MR) is 116 cm³/mol. The van der Waals surface area contributed by atoms with Crippen LogP contribution < -0.4 is 4.74 Å². The molecule has 3 aromatic rings. The summed E-state index contributed by atoms with van der Waals surface area (Å²) in [6.07, 6.45) is 2.25. The van der Waals surface area contributed by atoms with Crippen LogP contribution in [0.15, 0.2) is 59.2 Å². The fraction of sp³-hybridized carbons (Fsp3) is 0.318. The lowest BCUT2D eigenvalue weighted by Crippen LogP contribution is -2.35. The van der Waals surface area contributed by atoms with Crippen molar-refractivity contribution >= 4 is 21.4 Å². The molecule has 4 rings (SSSR count). The number of hydrogen-bond acceptors (Lipinski definition) is 6. The van der Waals surface area contributed by atoms with E-state index >= 15 is 0 Å². The lowest BCUT2D eigenvalue weighted by atomic mass is 10.1. The van der Waals surface area contributed by atoms with Crippen LogP contribution >= 0.6 is 11.6 Å². The van der Waals surface area contributed by atoms with E-state index in [4.69, 9.17) is 20.8 Å². The summed E-state index contributed by atoms with van der Waals surface area (Å²) in [5, 5.41) is 0.615. The Kier molecular flexibility index (Phi) is 6.13. The van der Waals surface area contributed by atoms with Crippen molar-refractivity contribution in [2.24, 2.45) is 0 Å². The molecule has 0 amide bonds. The highest BCUT2D eigenvalue weighted by atomic mass is 35.5. The van der Waals surface area contributed by atoms with E-state index in [1.807, 2.05) is 36.4 Å². The van der Waals surface area contributed by atoms with Gasteiger partial charge in [-0.3, -0.25) is 4.90 Å². The van der Waals surface area contributed by atoms with Crippen LogP contribution in [-0.2, 0) is 22.9 Å². The minimum absolute atomic E-state index is 0.0524. The van der Waals surface area contributed by atoms with Crippen molar-refractivity contribution in [3.8, 4) is 17.2 Å². The monoisotopic (exact) mass is 446 g/mol. The third-order valence-electron chi connectivity index (χ3n) is 5.26. The third kappa shape index (κ3) is 5.03. The minimum Gasteiger partial charge on any atom is -0.497 e. The topological polar surface area (TPSA) is 72.6 Å². The number of benzene rings is 2. The van der Waals surface area contributed by atoms with Crippen molar-refractivity contribution in [1.29, 1.82) is 0 Å². The summed E-state index contributed by atoms with van der Waals surface area (Å²) in [5.74, 6) is 1.68. The van der Waals surface area contributed by atoms with Crippen molar-refractivity contribution in [2.75, 3.05) is 18.6 Å². The van der Waals surface area contributed by atoms with Gasteiger partial charge in [0.15, 0.2) is 9.84 Å². The number of rotatable bonds is 7. The zero-order chi connectivity index (χ0) is 21.1. The first-order chi connectivity index (χ1) is 14.4. The molecule has 2 heterocycles. The summed E-state index contributed by atoms with van der Waals surface area (Å²) in [7, 11) is -1.37. The molecule has 6 nitrogen and oxygen atoms in total. The molecule has 0 aliphatic carbocycles. The number of sulfone groups is 1. The molecule has 1 atom stereocenters. The lowest BCUT2D eigenvalue weighted by Gasteiger charge is -2.27. The molecule has 1 aromatic heterocycles. The fourth-order valence-corrected chi connectivity index (χ4v) is 5.64. The maximum absolute atomic E-state index is 12.1. The van der Waals surface area contributed by atoms with Crippen LogP contribution in [0, 0.1) is 0 Å². The molecule has 2 aromatic carbocycles. The molecule has 1 aliphatic heterocycles. The molecular formula is C22H23ClN2O4S. The van der Waals surface area contributed by atoms with Crippen LogP contribution in [0.4, 0.5) is 0 Å². The smallest absolute Gasteiger partial charge is 0.226 e. The Morgan fingerprint density at radius 1 is 1.20 bits per heavy atom. The summed E-state index contributed by atoms with van der Waals surface area (Å²) in [6.45, 7) is 1.11. The average molecular weight is 447 g/mol. The molecule has 0 N–H and O–H groups in total. The van der Waals surface area contributed by atoms with Gasteiger partial charge in [-0.05, 0) is 42.3 Å². The van der Waals surface area contributed by atoms with Gasteiger partial charge in [0.25, 0.3) is 0 Å². The largest absolute Gasteiger partial charge is 0.497 e. The van der Waals surface area contributed by atoms with E-state index in [9.17, 15) is 8.42 Å². The van der Waals surface area contributed by atoms with Crippen LogP contribution in [0.25, 0.3) is 11.5 Å². The zero-order valence-electron chi connectivity index (χ0n) is 16.6. The Balaban J connectivity index is 1.55. The molecule has 0 spiro atoms. The molecule has 1 aliphatic rings. The van der Waals surface area contributed by atoms with Gasteiger partial charge in [-0.25, -0.2) is 13.4 Å². The second-order valence-corrected chi connectivity index (χ2v) is 10.1. The van der Waals surface area contributed by atoms with E-state index in [0.717, 1.165) is 22.6 Å². The highest BCUT2D eigenvalue weighted by Crippen LogP contribution is 2.26. The zero-order valence-corrected chi connectivity index (χ0v) is 18.2. The first-order valence-corrected chi connectivity index (χ1v) is 11.9. The highest BCUT2D eigenvalue weighted by molar-refractivity contribution is 7.91. The van der Waals surface area contributed by atoms with Gasteiger partial charge in [-0.15, -0.1) is 0 Å². The third-order valence-corrected chi connectivity index (χ3v) is 7.24. The van der Waals surface area contributed by atoms with Gasteiger partial charge in [0.05, 0.1) is 24.3 Å². The molecular weight excluding hydrogens is 424 g/mol. The van der Waals surface area contributed by atoms with Crippen LogP contribution in [0.5, 0.6) is 5.75 Å². The fourth-order valence-electron chi connectivity index (χ4n) is 3.68. The SMILES string of the molecule is COc1ccc(CN(Cc2coc(-c3cccc(Cl)c3)n2)C2CCS(=O)(=O)C2)cc1. The Hall–Kier alpha value is -2.35. The summed E-state index contributed by atoms with van der Waals surface area (Å²) in [6, 6.07) is 15.1.